The molecular weight excluding hydrogens is 236 g/mol. The van der Waals surface area contributed by atoms with Gasteiger partial charge in [-0.3, -0.25) is 0 Å². The third-order valence-corrected chi connectivity index (χ3v) is 8.53. The minimum atomic E-state index is -1.48. The van der Waals surface area contributed by atoms with Gasteiger partial charge in [-0.1, -0.05) is 22.8 Å². The summed E-state index contributed by atoms with van der Waals surface area (Å²) in [6, 6.07) is 4.57. The zero-order valence-corrected chi connectivity index (χ0v) is 13.3. The van der Waals surface area contributed by atoms with E-state index in [2.05, 4.69) is 40.5 Å². The first-order chi connectivity index (χ1) is 8.31. The van der Waals surface area contributed by atoms with E-state index in [-0.39, 0.29) is 0 Å². The maximum Gasteiger partial charge on any atom is 0.119 e. The molecule has 0 radical (unpaired) electrons. The van der Waals surface area contributed by atoms with Crippen LogP contribution in [-0.4, -0.2) is 14.4 Å². The molecule has 0 atom stereocenters. The summed E-state index contributed by atoms with van der Waals surface area (Å²) in [5.74, 6) is 0. The lowest BCUT2D eigenvalue weighted by molar-refractivity contribution is -0.107. The molecule has 18 heavy (non-hydrogen) atoms. The molecule has 0 aliphatic carbocycles. The molecule has 2 heteroatoms. The van der Waals surface area contributed by atoms with E-state index in [4.69, 9.17) is 0 Å². The van der Waals surface area contributed by atoms with Gasteiger partial charge in [0, 0.05) is 6.42 Å². The van der Waals surface area contributed by atoms with Crippen LogP contribution in [0.4, 0.5) is 0 Å². The van der Waals surface area contributed by atoms with Crippen molar-refractivity contribution >= 4 is 14.4 Å². The quantitative estimate of drug-likeness (QED) is 0.231. The highest BCUT2D eigenvalue weighted by Gasteiger charge is 2.32. The zero-order chi connectivity index (χ0) is 14.2. The highest BCUT2D eigenvalue weighted by Crippen LogP contribution is 2.35. The van der Waals surface area contributed by atoms with Crippen molar-refractivity contribution in [2.24, 2.45) is 0 Å². The molecule has 0 aromatic rings. The molecule has 0 aliphatic rings. The first-order valence-corrected chi connectivity index (χ1v) is 9.51. The fourth-order valence-corrected chi connectivity index (χ4v) is 8.63. The normalized spacial score (nSPS) is 11.1. The van der Waals surface area contributed by atoms with Gasteiger partial charge in [0.25, 0.3) is 0 Å². The van der Waals surface area contributed by atoms with Crippen LogP contribution in [-0.2, 0) is 4.79 Å². The summed E-state index contributed by atoms with van der Waals surface area (Å²) in [6.45, 7) is 18.6. The Morgan fingerprint density at radius 2 is 1.33 bits per heavy atom. The van der Waals surface area contributed by atoms with Crippen LogP contribution in [0.1, 0.15) is 33.6 Å². The van der Waals surface area contributed by atoms with Gasteiger partial charge in [-0.05, 0) is 45.3 Å². The standard InChI is InChI=1S/C16H28OSi/c1-14(2)11-18(12-15(3)4,13-16(5)6)10-8-7-9-17/h9H,1,3,5,7-8,10-13H2,2,4,6H3. The van der Waals surface area contributed by atoms with Crippen LogP contribution in [0.3, 0.4) is 0 Å². The van der Waals surface area contributed by atoms with Crippen LogP contribution in [0.15, 0.2) is 36.5 Å². The van der Waals surface area contributed by atoms with Crippen molar-refractivity contribution in [3.8, 4) is 0 Å². The Hall–Kier alpha value is -0.893. The number of rotatable bonds is 10. The zero-order valence-electron chi connectivity index (χ0n) is 12.3. The molecule has 0 rings (SSSR count). The second kappa shape index (κ2) is 8.25. The maximum atomic E-state index is 10.5. The Morgan fingerprint density at radius 3 is 1.61 bits per heavy atom. The van der Waals surface area contributed by atoms with Gasteiger partial charge in [-0.2, -0.15) is 0 Å². The molecule has 0 heterocycles. The van der Waals surface area contributed by atoms with Crippen molar-refractivity contribution in [3.05, 3.63) is 36.5 Å². The fraction of sp³-hybridized carbons (Fsp3) is 0.562. The molecule has 0 aromatic heterocycles. The summed E-state index contributed by atoms with van der Waals surface area (Å²) >= 11 is 0. The van der Waals surface area contributed by atoms with Crippen LogP contribution < -0.4 is 0 Å². The second-order valence-electron chi connectivity index (χ2n) is 5.96. The van der Waals surface area contributed by atoms with Gasteiger partial charge in [0.15, 0.2) is 0 Å². The molecular formula is C16H28OSi. The molecule has 0 bridgehead atoms. The number of unbranched alkanes of at least 4 members (excludes halogenated alkanes) is 1. The second-order valence-corrected chi connectivity index (χ2v) is 10.5. The number of carbonyl (C=O) groups is 1. The molecule has 102 valence electrons. The van der Waals surface area contributed by atoms with Crippen molar-refractivity contribution in [3.63, 3.8) is 0 Å². The molecule has 0 N–H and O–H groups in total. The third-order valence-electron chi connectivity index (χ3n) is 3.06. The minimum Gasteiger partial charge on any atom is -0.303 e. The monoisotopic (exact) mass is 264 g/mol. The van der Waals surface area contributed by atoms with E-state index in [1.54, 1.807) is 0 Å². The topological polar surface area (TPSA) is 17.1 Å². The molecule has 0 aromatic carbocycles. The van der Waals surface area contributed by atoms with Crippen LogP contribution in [0.5, 0.6) is 0 Å². The van der Waals surface area contributed by atoms with Crippen molar-refractivity contribution in [2.75, 3.05) is 0 Å². The summed E-state index contributed by atoms with van der Waals surface area (Å²) in [7, 11) is -1.48. The van der Waals surface area contributed by atoms with E-state index in [1.807, 2.05) is 0 Å². The lowest BCUT2D eigenvalue weighted by Gasteiger charge is -2.33. The lowest BCUT2D eigenvalue weighted by atomic mass is 10.4. The predicted molar refractivity (Wildman–Crippen MR) is 84.7 cm³/mol. The SMILES string of the molecule is C=C(C)C[Si](CCCC=O)(CC(=C)C)CC(=C)C. The van der Waals surface area contributed by atoms with Crippen molar-refractivity contribution < 1.29 is 4.79 Å². The van der Waals surface area contributed by atoms with E-state index in [0.717, 1.165) is 30.8 Å². The van der Waals surface area contributed by atoms with Crippen molar-refractivity contribution in [2.45, 2.75) is 57.8 Å². The fourth-order valence-electron chi connectivity index (χ4n) is 2.93. The lowest BCUT2D eigenvalue weighted by Crippen LogP contribution is -2.34. The molecule has 0 saturated carbocycles. The molecule has 0 spiro atoms. The van der Waals surface area contributed by atoms with Gasteiger partial charge >= 0.3 is 0 Å². The van der Waals surface area contributed by atoms with Crippen LogP contribution in [0.25, 0.3) is 0 Å². The molecule has 0 aliphatic heterocycles. The predicted octanol–water partition coefficient (Wildman–Crippen LogP) is 5.14. The van der Waals surface area contributed by atoms with Gasteiger partial charge < -0.3 is 4.79 Å². The maximum absolute atomic E-state index is 10.5. The molecule has 0 amide bonds. The van der Waals surface area contributed by atoms with E-state index >= 15 is 0 Å². The van der Waals surface area contributed by atoms with E-state index < -0.39 is 8.07 Å². The highest BCUT2D eigenvalue weighted by molar-refractivity contribution is 6.81. The van der Waals surface area contributed by atoms with Crippen LogP contribution in [0, 0.1) is 0 Å². The Kier molecular flexibility index (Phi) is 7.84. The summed E-state index contributed by atoms with van der Waals surface area (Å²) in [5, 5.41) is 0. The summed E-state index contributed by atoms with van der Waals surface area (Å²) in [4.78, 5) is 10.5. The number of allylic oxidation sites excluding steroid dienone is 3. The third kappa shape index (κ3) is 7.44. The van der Waals surface area contributed by atoms with E-state index in [0.29, 0.717) is 6.42 Å². The smallest absolute Gasteiger partial charge is 0.119 e. The van der Waals surface area contributed by atoms with Gasteiger partial charge in [0.1, 0.15) is 6.29 Å². The van der Waals surface area contributed by atoms with Crippen molar-refractivity contribution in [1.82, 2.24) is 0 Å². The van der Waals surface area contributed by atoms with Gasteiger partial charge in [-0.25, -0.2) is 0 Å². The van der Waals surface area contributed by atoms with Gasteiger partial charge in [0.2, 0.25) is 0 Å². The van der Waals surface area contributed by atoms with E-state index in [1.165, 1.54) is 22.8 Å². The minimum absolute atomic E-state index is 0.678. The number of hydrogen-bond acceptors (Lipinski definition) is 1. The molecule has 0 saturated heterocycles. The van der Waals surface area contributed by atoms with Crippen LogP contribution in [0.2, 0.25) is 24.2 Å². The number of hydrogen-bond donors (Lipinski definition) is 0. The van der Waals surface area contributed by atoms with Gasteiger partial charge in [0.05, 0.1) is 8.07 Å². The average Bonchev–Trinajstić information content (AvgIpc) is 2.13. The highest BCUT2D eigenvalue weighted by atomic mass is 28.3. The van der Waals surface area contributed by atoms with Crippen LogP contribution >= 0.6 is 0 Å². The average molecular weight is 264 g/mol. The Morgan fingerprint density at radius 1 is 0.944 bits per heavy atom. The van der Waals surface area contributed by atoms with Gasteiger partial charge in [-0.15, -0.1) is 19.7 Å². The van der Waals surface area contributed by atoms with Crippen molar-refractivity contribution in [1.29, 1.82) is 0 Å². The Bertz CT molecular complexity index is 287. The van der Waals surface area contributed by atoms with E-state index in [9.17, 15) is 4.79 Å². The molecule has 1 nitrogen and oxygen atoms in total. The summed E-state index contributed by atoms with van der Waals surface area (Å²) in [6.07, 6.45) is 2.71. The molecule has 0 fully saturated rings. The summed E-state index contributed by atoms with van der Waals surface area (Å²) in [5.41, 5.74) is 3.78. The largest absolute Gasteiger partial charge is 0.303 e. The summed E-state index contributed by atoms with van der Waals surface area (Å²) < 4.78 is 0. The Balaban J connectivity index is 4.96. The first kappa shape index (κ1) is 17.1. The Labute approximate surface area is 114 Å². The number of aldehydes is 1. The molecule has 0 unspecified atom stereocenters. The first-order valence-electron chi connectivity index (χ1n) is 6.68. The number of carbonyl (C=O) groups excluding carboxylic acids is 1.